The highest BCUT2D eigenvalue weighted by Gasteiger charge is 2.50. The standard InChI is InChI=1S/C17H21NO3/c1-11(12-6-3-2-4-7-12)16(19)18-10-13-8-5-9-14(13)15(18)17(20)21/h2-4,6-7,11,13-15H,5,8-10H2,1H3,(H,20,21)/t11-,13?,14?,15?/m1/s1. The van der Waals surface area contributed by atoms with Crippen LogP contribution in [0.4, 0.5) is 0 Å². The van der Waals surface area contributed by atoms with Gasteiger partial charge in [0.05, 0.1) is 5.92 Å². The van der Waals surface area contributed by atoms with Crippen LogP contribution < -0.4 is 0 Å². The SMILES string of the molecule is C[C@@H](C(=O)N1CC2CCCC2C1C(=O)O)c1ccccc1. The molecule has 0 radical (unpaired) electrons. The van der Waals surface area contributed by atoms with Crippen LogP contribution in [-0.2, 0) is 9.59 Å². The lowest BCUT2D eigenvalue weighted by molar-refractivity contribution is -0.150. The maximum Gasteiger partial charge on any atom is 0.326 e. The van der Waals surface area contributed by atoms with Crippen molar-refractivity contribution in [3.05, 3.63) is 35.9 Å². The molecule has 0 bridgehead atoms. The Morgan fingerprint density at radius 2 is 1.95 bits per heavy atom. The highest BCUT2D eigenvalue weighted by molar-refractivity contribution is 5.88. The van der Waals surface area contributed by atoms with Gasteiger partial charge in [-0.25, -0.2) is 4.79 Å². The first-order chi connectivity index (χ1) is 10.1. The van der Waals surface area contributed by atoms with Crippen molar-refractivity contribution in [3.63, 3.8) is 0 Å². The Bertz CT molecular complexity index is 542. The number of nitrogens with zero attached hydrogens (tertiary/aromatic N) is 1. The highest BCUT2D eigenvalue weighted by atomic mass is 16.4. The minimum Gasteiger partial charge on any atom is -0.480 e. The molecule has 2 fully saturated rings. The number of rotatable bonds is 3. The van der Waals surface area contributed by atoms with E-state index in [1.165, 1.54) is 0 Å². The number of carboxylic acid groups (broad SMARTS) is 1. The Balaban J connectivity index is 1.82. The number of hydrogen-bond acceptors (Lipinski definition) is 2. The molecule has 3 rings (SSSR count). The third-order valence-corrected chi connectivity index (χ3v) is 5.10. The molecule has 21 heavy (non-hydrogen) atoms. The quantitative estimate of drug-likeness (QED) is 0.929. The maximum absolute atomic E-state index is 12.8. The summed E-state index contributed by atoms with van der Waals surface area (Å²) < 4.78 is 0. The van der Waals surface area contributed by atoms with Gasteiger partial charge in [-0.1, -0.05) is 36.8 Å². The van der Waals surface area contributed by atoms with Crippen LogP contribution in [0.15, 0.2) is 30.3 Å². The van der Waals surface area contributed by atoms with Gasteiger partial charge in [-0.2, -0.15) is 0 Å². The summed E-state index contributed by atoms with van der Waals surface area (Å²) in [5.74, 6) is -0.666. The Morgan fingerprint density at radius 1 is 1.24 bits per heavy atom. The van der Waals surface area contributed by atoms with E-state index in [0.717, 1.165) is 24.8 Å². The number of likely N-dealkylation sites (tertiary alicyclic amines) is 1. The average Bonchev–Trinajstić information content (AvgIpc) is 3.06. The first kappa shape index (κ1) is 14.1. The van der Waals surface area contributed by atoms with Crippen molar-refractivity contribution in [2.24, 2.45) is 11.8 Å². The van der Waals surface area contributed by atoms with Gasteiger partial charge in [0.2, 0.25) is 5.91 Å². The molecule has 0 spiro atoms. The van der Waals surface area contributed by atoms with Crippen LogP contribution in [0.2, 0.25) is 0 Å². The lowest BCUT2D eigenvalue weighted by Crippen LogP contribution is -2.44. The van der Waals surface area contributed by atoms with E-state index in [1.54, 1.807) is 4.90 Å². The van der Waals surface area contributed by atoms with Crippen molar-refractivity contribution in [3.8, 4) is 0 Å². The van der Waals surface area contributed by atoms with Gasteiger partial charge in [-0.15, -0.1) is 0 Å². The van der Waals surface area contributed by atoms with Crippen LogP contribution in [0, 0.1) is 11.8 Å². The number of carboxylic acids is 1. The summed E-state index contributed by atoms with van der Waals surface area (Å²) in [5.41, 5.74) is 0.948. The van der Waals surface area contributed by atoms with Crippen LogP contribution >= 0.6 is 0 Å². The van der Waals surface area contributed by atoms with E-state index >= 15 is 0 Å². The molecule has 1 amide bonds. The van der Waals surface area contributed by atoms with Crippen molar-refractivity contribution in [2.75, 3.05) is 6.54 Å². The molecule has 112 valence electrons. The molecule has 1 aromatic carbocycles. The number of aliphatic carboxylic acids is 1. The van der Waals surface area contributed by atoms with Crippen LogP contribution in [0.3, 0.4) is 0 Å². The molecule has 4 nitrogen and oxygen atoms in total. The zero-order valence-electron chi connectivity index (χ0n) is 12.2. The molecule has 1 aliphatic carbocycles. The number of carbonyl (C=O) groups is 2. The van der Waals surface area contributed by atoms with Gasteiger partial charge in [-0.05, 0) is 37.2 Å². The van der Waals surface area contributed by atoms with E-state index in [9.17, 15) is 14.7 Å². The maximum atomic E-state index is 12.8. The molecular formula is C17H21NO3. The van der Waals surface area contributed by atoms with Crippen LogP contribution in [0.5, 0.6) is 0 Å². The van der Waals surface area contributed by atoms with E-state index < -0.39 is 12.0 Å². The summed E-state index contributed by atoms with van der Waals surface area (Å²) in [6, 6.07) is 8.96. The first-order valence-electron chi connectivity index (χ1n) is 7.68. The normalized spacial score (nSPS) is 29.2. The van der Waals surface area contributed by atoms with Crippen molar-refractivity contribution in [1.82, 2.24) is 4.90 Å². The average molecular weight is 287 g/mol. The third kappa shape index (κ3) is 2.43. The second-order valence-electron chi connectivity index (χ2n) is 6.26. The molecule has 2 aliphatic rings. The fourth-order valence-corrected chi connectivity index (χ4v) is 3.98. The molecule has 1 saturated heterocycles. The van der Waals surface area contributed by atoms with E-state index in [0.29, 0.717) is 12.5 Å². The van der Waals surface area contributed by atoms with Crippen molar-refractivity contribution in [1.29, 1.82) is 0 Å². The van der Waals surface area contributed by atoms with Gasteiger partial charge in [0.1, 0.15) is 6.04 Å². The summed E-state index contributed by atoms with van der Waals surface area (Å²) >= 11 is 0. The van der Waals surface area contributed by atoms with Crippen LogP contribution in [-0.4, -0.2) is 34.5 Å². The van der Waals surface area contributed by atoms with Gasteiger partial charge in [0, 0.05) is 6.54 Å². The molecule has 1 N–H and O–H groups in total. The van der Waals surface area contributed by atoms with E-state index in [-0.39, 0.29) is 17.7 Å². The lowest BCUT2D eigenvalue weighted by Gasteiger charge is -2.27. The molecule has 1 heterocycles. The van der Waals surface area contributed by atoms with Crippen molar-refractivity contribution < 1.29 is 14.7 Å². The van der Waals surface area contributed by atoms with E-state index in [2.05, 4.69) is 0 Å². The predicted octanol–water partition coefficient (Wildman–Crippen LogP) is 2.50. The van der Waals surface area contributed by atoms with Crippen molar-refractivity contribution >= 4 is 11.9 Å². The summed E-state index contributed by atoms with van der Waals surface area (Å²) in [6.45, 7) is 2.47. The zero-order chi connectivity index (χ0) is 15.0. The Kier molecular flexibility index (Phi) is 3.70. The topological polar surface area (TPSA) is 57.6 Å². The molecule has 4 heteroatoms. The van der Waals surface area contributed by atoms with Crippen LogP contribution in [0.25, 0.3) is 0 Å². The number of fused-ring (bicyclic) bond motifs is 1. The van der Waals surface area contributed by atoms with Gasteiger partial charge in [0.15, 0.2) is 0 Å². The molecular weight excluding hydrogens is 266 g/mol. The molecule has 1 saturated carbocycles. The Morgan fingerprint density at radius 3 is 2.62 bits per heavy atom. The van der Waals surface area contributed by atoms with E-state index in [1.807, 2.05) is 37.3 Å². The molecule has 1 aliphatic heterocycles. The fraction of sp³-hybridized carbons (Fsp3) is 0.529. The van der Waals surface area contributed by atoms with Gasteiger partial charge in [-0.3, -0.25) is 4.79 Å². The van der Waals surface area contributed by atoms with Crippen LogP contribution in [0.1, 0.15) is 37.7 Å². The van der Waals surface area contributed by atoms with Gasteiger partial charge in [0.25, 0.3) is 0 Å². The lowest BCUT2D eigenvalue weighted by atomic mass is 9.94. The second-order valence-corrected chi connectivity index (χ2v) is 6.26. The molecule has 4 atom stereocenters. The van der Waals surface area contributed by atoms with Gasteiger partial charge >= 0.3 is 5.97 Å². The zero-order valence-corrected chi connectivity index (χ0v) is 12.2. The Labute approximate surface area is 124 Å². The minimum atomic E-state index is -0.849. The Hall–Kier alpha value is -1.84. The predicted molar refractivity (Wildman–Crippen MR) is 78.8 cm³/mol. The summed E-state index contributed by atoms with van der Waals surface area (Å²) in [4.78, 5) is 26.0. The second kappa shape index (κ2) is 5.51. The number of hydrogen-bond donors (Lipinski definition) is 1. The molecule has 0 aromatic heterocycles. The fourth-order valence-electron chi connectivity index (χ4n) is 3.98. The minimum absolute atomic E-state index is 0.0528. The largest absolute Gasteiger partial charge is 0.480 e. The number of carbonyl (C=O) groups excluding carboxylic acids is 1. The summed E-state index contributed by atoms with van der Waals surface area (Å²) in [6.07, 6.45) is 3.08. The molecule has 1 aromatic rings. The molecule has 3 unspecified atom stereocenters. The van der Waals surface area contributed by atoms with Gasteiger partial charge < -0.3 is 10.0 Å². The smallest absolute Gasteiger partial charge is 0.326 e. The first-order valence-corrected chi connectivity index (χ1v) is 7.68. The third-order valence-electron chi connectivity index (χ3n) is 5.10. The summed E-state index contributed by atoms with van der Waals surface area (Å²) in [5, 5.41) is 9.54. The number of benzene rings is 1. The monoisotopic (exact) mass is 287 g/mol. The van der Waals surface area contributed by atoms with Crippen molar-refractivity contribution in [2.45, 2.75) is 38.1 Å². The number of amides is 1. The highest BCUT2D eigenvalue weighted by Crippen LogP contribution is 2.43. The van der Waals surface area contributed by atoms with E-state index in [4.69, 9.17) is 0 Å². The summed E-state index contributed by atoms with van der Waals surface area (Å²) in [7, 11) is 0.